The van der Waals surface area contributed by atoms with Gasteiger partial charge in [0, 0.05) is 17.1 Å². The fourth-order valence-electron chi connectivity index (χ4n) is 3.84. The SMILES string of the molecule is CC(=O)[C@H]1CC(=O)O[C@@H]1c1ccc(Cl)cc1.CCCN(CCC)Cc1cc(C)ccc1F. The van der Waals surface area contributed by atoms with E-state index < -0.39 is 6.10 Å². The number of nitrogens with zero attached hydrogens (tertiary/aromatic N) is 1. The highest BCUT2D eigenvalue weighted by atomic mass is 35.5. The number of esters is 1. The number of Topliss-reactive ketones (excluding diaryl/α,β-unsaturated/α-hetero) is 1. The molecule has 0 amide bonds. The standard InChI is InChI=1S/C14H22FN.C12H11ClO3/c1-4-8-16(9-5-2)11-13-10-12(3)6-7-14(13)15;1-7(14)10-6-11(15)16-12(10)8-2-4-9(13)5-3-8/h6-7,10H,4-5,8-9,11H2,1-3H3;2-5,10,12H,6H2,1H3/t;10-,12-/m.1/s1. The fourth-order valence-corrected chi connectivity index (χ4v) is 3.96. The van der Waals surface area contributed by atoms with Crippen molar-refractivity contribution < 1.29 is 18.7 Å². The highest BCUT2D eigenvalue weighted by Crippen LogP contribution is 2.36. The van der Waals surface area contributed by atoms with Crippen LogP contribution in [0.5, 0.6) is 0 Å². The second kappa shape index (κ2) is 12.7. The summed E-state index contributed by atoms with van der Waals surface area (Å²) in [4.78, 5) is 24.9. The summed E-state index contributed by atoms with van der Waals surface area (Å²) in [5.74, 6) is -0.789. The molecule has 3 rings (SSSR count). The van der Waals surface area contributed by atoms with Gasteiger partial charge in [-0.1, -0.05) is 55.3 Å². The van der Waals surface area contributed by atoms with Crippen molar-refractivity contribution in [1.29, 1.82) is 0 Å². The van der Waals surface area contributed by atoms with E-state index in [1.54, 1.807) is 30.3 Å². The number of halogens is 2. The molecule has 1 fully saturated rings. The lowest BCUT2D eigenvalue weighted by atomic mass is 9.92. The molecule has 2 aromatic rings. The maximum absolute atomic E-state index is 13.6. The highest BCUT2D eigenvalue weighted by molar-refractivity contribution is 6.30. The minimum atomic E-state index is -0.456. The van der Waals surface area contributed by atoms with Gasteiger partial charge in [0.15, 0.2) is 0 Å². The van der Waals surface area contributed by atoms with Gasteiger partial charge < -0.3 is 4.74 Å². The first kappa shape index (κ1) is 26.0. The van der Waals surface area contributed by atoms with E-state index in [2.05, 4.69) is 18.7 Å². The fraction of sp³-hybridized carbons (Fsp3) is 0.462. The molecule has 0 spiro atoms. The van der Waals surface area contributed by atoms with Crippen LogP contribution in [0.15, 0.2) is 42.5 Å². The van der Waals surface area contributed by atoms with E-state index in [0.29, 0.717) is 5.02 Å². The van der Waals surface area contributed by atoms with Crippen molar-refractivity contribution in [3.63, 3.8) is 0 Å². The van der Waals surface area contributed by atoms with Crippen molar-refractivity contribution in [2.75, 3.05) is 13.1 Å². The molecule has 1 aliphatic heterocycles. The van der Waals surface area contributed by atoms with Crippen molar-refractivity contribution in [3.8, 4) is 0 Å². The third-order valence-electron chi connectivity index (χ3n) is 5.41. The number of carbonyl (C=O) groups excluding carboxylic acids is 2. The number of carbonyl (C=O) groups is 2. The average Bonchev–Trinajstić information content (AvgIpc) is 3.14. The van der Waals surface area contributed by atoms with E-state index in [1.165, 1.54) is 6.92 Å². The molecule has 1 aliphatic rings. The summed E-state index contributed by atoms with van der Waals surface area (Å²) in [6.45, 7) is 10.6. The highest BCUT2D eigenvalue weighted by Gasteiger charge is 2.38. The third kappa shape index (κ3) is 7.72. The molecule has 2 atom stereocenters. The predicted molar refractivity (Wildman–Crippen MR) is 126 cm³/mol. The summed E-state index contributed by atoms with van der Waals surface area (Å²) in [5, 5.41) is 0.618. The van der Waals surface area contributed by atoms with Crippen LogP contribution >= 0.6 is 11.6 Å². The van der Waals surface area contributed by atoms with Crippen LogP contribution in [0.3, 0.4) is 0 Å². The molecule has 0 aromatic heterocycles. The Balaban J connectivity index is 0.000000227. The minimum Gasteiger partial charge on any atom is -0.457 e. The predicted octanol–water partition coefficient (Wildman–Crippen LogP) is 6.29. The third-order valence-corrected chi connectivity index (χ3v) is 5.66. The zero-order chi connectivity index (χ0) is 23.7. The number of hydrogen-bond donors (Lipinski definition) is 0. The first-order valence-electron chi connectivity index (χ1n) is 11.2. The van der Waals surface area contributed by atoms with Gasteiger partial charge in [-0.3, -0.25) is 14.5 Å². The second-order valence-corrected chi connectivity index (χ2v) is 8.69. The molecule has 1 saturated heterocycles. The van der Waals surface area contributed by atoms with Gasteiger partial charge in [0.25, 0.3) is 0 Å². The molecule has 6 heteroatoms. The van der Waals surface area contributed by atoms with E-state index in [0.717, 1.165) is 49.2 Å². The minimum absolute atomic E-state index is 0.0224. The molecule has 0 radical (unpaired) electrons. The zero-order valence-corrected chi connectivity index (χ0v) is 20.1. The topological polar surface area (TPSA) is 46.6 Å². The quantitative estimate of drug-likeness (QED) is 0.433. The van der Waals surface area contributed by atoms with Crippen LogP contribution < -0.4 is 0 Å². The van der Waals surface area contributed by atoms with Gasteiger partial charge in [0.05, 0.1) is 12.3 Å². The van der Waals surface area contributed by atoms with E-state index in [4.69, 9.17) is 16.3 Å². The summed E-state index contributed by atoms with van der Waals surface area (Å²) < 4.78 is 18.7. The van der Waals surface area contributed by atoms with Crippen LogP contribution in [0.4, 0.5) is 4.39 Å². The number of ketones is 1. The van der Waals surface area contributed by atoms with Crippen LogP contribution in [-0.2, 0) is 20.9 Å². The molecular weight excluding hydrogens is 429 g/mol. The zero-order valence-electron chi connectivity index (χ0n) is 19.4. The van der Waals surface area contributed by atoms with E-state index >= 15 is 0 Å². The van der Waals surface area contributed by atoms with Gasteiger partial charge in [-0.05, 0) is 63.5 Å². The lowest BCUT2D eigenvalue weighted by Crippen LogP contribution is -2.25. The summed E-state index contributed by atoms with van der Waals surface area (Å²) in [6, 6.07) is 12.3. The molecule has 0 bridgehead atoms. The van der Waals surface area contributed by atoms with Crippen molar-refractivity contribution in [3.05, 3.63) is 70.0 Å². The Labute approximate surface area is 195 Å². The van der Waals surface area contributed by atoms with Gasteiger partial charge >= 0.3 is 5.97 Å². The number of ether oxygens (including phenoxy) is 1. The van der Waals surface area contributed by atoms with E-state index in [1.807, 2.05) is 19.1 Å². The molecular formula is C26H33ClFNO3. The Morgan fingerprint density at radius 3 is 2.31 bits per heavy atom. The van der Waals surface area contributed by atoms with Crippen LogP contribution in [0.1, 0.15) is 62.8 Å². The molecule has 0 saturated carbocycles. The Kier molecular flexibility index (Phi) is 10.3. The maximum Gasteiger partial charge on any atom is 0.307 e. The van der Waals surface area contributed by atoms with E-state index in [9.17, 15) is 14.0 Å². The Morgan fingerprint density at radius 1 is 1.12 bits per heavy atom. The lowest BCUT2D eigenvalue weighted by molar-refractivity contribution is -0.141. The Bertz CT molecular complexity index is 894. The summed E-state index contributed by atoms with van der Waals surface area (Å²) in [5.41, 5.74) is 2.77. The van der Waals surface area contributed by atoms with E-state index in [-0.39, 0.29) is 29.9 Å². The van der Waals surface area contributed by atoms with Crippen LogP contribution in [0, 0.1) is 18.7 Å². The van der Waals surface area contributed by atoms with Gasteiger partial charge in [0.1, 0.15) is 17.7 Å². The van der Waals surface area contributed by atoms with Crippen molar-refractivity contribution >= 4 is 23.4 Å². The molecule has 0 N–H and O–H groups in total. The first-order valence-corrected chi connectivity index (χ1v) is 11.6. The lowest BCUT2D eigenvalue weighted by Gasteiger charge is -2.21. The molecule has 32 heavy (non-hydrogen) atoms. The van der Waals surface area contributed by atoms with Gasteiger partial charge in [0.2, 0.25) is 0 Å². The number of benzene rings is 2. The molecule has 2 aromatic carbocycles. The average molecular weight is 462 g/mol. The van der Waals surface area contributed by atoms with Gasteiger partial charge in [-0.25, -0.2) is 4.39 Å². The van der Waals surface area contributed by atoms with Gasteiger partial charge in [-0.2, -0.15) is 0 Å². The molecule has 0 aliphatic carbocycles. The first-order chi connectivity index (χ1) is 15.2. The molecule has 174 valence electrons. The van der Waals surface area contributed by atoms with Crippen LogP contribution in [0.2, 0.25) is 5.02 Å². The summed E-state index contributed by atoms with van der Waals surface area (Å²) in [7, 11) is 0. The van der Waals surface area contributed by atoms with Crippen molar-refractivity contribution in [2.45, 2.75) is 59.6 Å². The summed E-state index contributed by atoms with van der Waals surface area (Å²) >= 11 is 5.77. The van der Waals surface area contributed by atoms with Crippen LogP contribution in [0.25, 0.3) is 0 Å². The molecule has 1 heterocycles. The molecule has 0 unspecified atom stereocenters. The Morgan fingerprint density at radius 2 is 1.75 bits per heavy atom. The number of aryl methyl sites for hydroxylation is 1. The monoisotopic (exact) mass is 461 g/mol. The largest absolute Gasteiger partial charge is 0.457 e. The molecule has 4 nitrogen and oxygen atoms in total. The second-order valence-electron chi connectivity index (χ2n) is 8.25. The number of hydrogen-bond acceptors (Lipinski definition) is 4. The summed E-state index contributed by atoms with van der Waals surface area (Å²) in [6.07, 6.45) is 1.95. The van der Waals surface area contributed by atoms with Crippen molar-refractivity contribution in [2.24, 2.45) is 5.92 Å². The van der Waals surface area contributed by atoms with Crippen LogP contribution in [-0.4, -0.2) is 29.7 Å². The normalized spacial score (nSPS) is 17.7. The number of rotatable bonds is 8. The smallest absolute Gasteiger partial charge is 0.307 e. The van der Waals surface area contributed by atoms with Gasteiger partial charge in [-0.15, -0.1) is 0 Å². The number of cyclic esters (lactones) is 1. The van der Waals surface area contributed by atoms with Crippen molar-refractivity contribution in [1.82, 2.24) is 4.90 Å². The maximum atomic E-state index is 13.6. The Hall–Kier alpha value is -2.24.